The molecule has 0 aromatic heterocycles. The SMILES string of the molecule is CCCCCS(=O)CC1(CC#N)CC1. The predicted octanol–water partition coefficient (Wildman–Crippen LogP) is 2.62. The van der Waals surface area contributed by atoms with Gasteiger partial charge in [-0.2, -0.15) is 5.26 Å². The van der Waals surface area contributed by atoms with Crippen molar-refractivity contribution in [1.82, 2.24) is 0 Å². The number of hydrogen-bond acceptors (Lipinski definition) is 2. The molecule has 14 heavy (non-hydrogen) atoms. The number of hydrogen-bond donors (Lipinski definition) is 0. The van der Waals surface area contributed by atoms with Gasteiger partial charge in [-0.3, -0.25) is 4.21 Å². The third kappa shape index (κ3) is 3.79. The summed E-state index contributed by atoms with van der Waals surface area (Å²) in [7, 11) is -0.681. The fraction of sp³-hybridized carbons (Fsp3) is 0.909. The van der Waals surface area contributed by atoms with Gasteiger partial charge in [-0.05, 0) is 24.7 Å². The van der Waals surface area contributed by atoms with Gasteiger partial charge in [-0.25, -0.2) is 0 Å². The Hall–Kier alpha value is -0.360. The van der Waals surface area contributed by atoms with Crippen LogP contribution < -0.4 is 0 Å². The monoisotopic (exact) mass is 213 g/mol. The van der Waals surface area contributed by atoms with E-state index in [1.54, 1.807) is 0 Å². The largest absolute Gasteiger partial charge is 0.260 e. The maximum absolute atomic E-state index is 11.7. The first-order valence-corrected chi connectivity index (χ1v) is 6.93. The van der Waals surface area contributed by atoms with Crippen LogP contribution in [0.3, 0.4) is 0 Å². The number of nitriles is 1. The Balaban J connectivity index is 2.17. The molecule has 80 valence electrons. The van der Waals surface area contributed by atoms with Gasteiger partial charge in [-0.15, -0.1) is 0 Å². The van der Waals surface area contributed by atoms with E-state index < -0.39 is 10.8 Å². The average Bonchev–Trinajstić information content (AvgIpc) is 2.86. The highest BCUT2D eigenvalue weighted by Crippen LogP contribution is 2.49. The zero-order chi connectivity index (χ0) is 10.4. The van der Waals surface area contributed by atoms with Crippen molar-refractivity contribution >= 4 is 10.8 Å². The molecule has 0 saturated heterocycles. The highest BCUT2D eigenvalue weighted by atomic mass is 32.2. The van der Waals surface area contributed by atoms with Crippen LogP contribution in [-0.2, 0) is 10.8 Å². The van der Waals surface area contributed by atoms with Crippen molar-refractivity contribution in [2.75, 3.05) is 11.5 Å². The molecule has 1 saturated carbocycles. The maximum Gasteiger partial charge on any atom is 0.0627 e. The third-order valence-electron chi connectivity index (χ3n) is 2.85. The van der Waals surface area contributed by atoms with E-state index in [4.69, 9.17) is 5.26 Å². The first kappa shape index (κ1) is 11.7. The zero-order valence-electron chi connectivity index (χ0n) is 8.92. The van der Waals surface area contributed by atoms with E-state index in [-0.39, 0.29) is 5.41 Å². The van der Waals surface area contributed by atoms with Crippen LogP contribution in [0.15, 0.2) is 0 Å². The third-order valence-corrected chi connectivity index (χ3v) is 4.53. The molecule has 0 aromatic rings. The molecule has 1 rings (SSSR count). The predicted molar refractivity (Wildman–Crippen MR) is 59.3 cm³/mol. The van der Waals surface area contributed by atoms with Gasteiger partial charge in [0, 0.05) is 28.7 Å². The van der Waals surface area contributed by atoms with Crippen molar-refractivity contribution in [3.63, 3.8) is 0 Å². The van der Waals surface area contributed by atoms with Crippen molar-refractivity contribution in [2.24, 2.45) is 5.41 Å². The van der Waals surface area contributed by atoms with Crippen LogP contribution in [-0.4, -0.2) is 15.7 Å². The summed E-state index contributed by atoms with van der Waals surface area (Å²) in [6, 6.07) is 2.21. The lowest BCUT2D eigenvalue weighted by Gasteiger charge is -2.09. The minimum Gasteiger partial charge on any atom is -0.260 e. The molecule has 1 atom stereocenters. The van der Waals surface area contributed by atoms with Crippen molar-refractivity contribution in [3.8, 4) is 6.07 Å². The van der Waals surface area contributed by atoms with Crippen molar-refractivity contribution in [3.05, 3.63) is 0 Å². The molecule has 0 N–H and O–H groups in total. The second-order valence-corrected chi connectivity index (χ2v) is 5.91. The molecule has 1 unspecified atom stereocenters. The van der Waals surface area contributed by atoms with Gasteiger partial charge in [-0.1, -0.05) is 19.8 Å². The molecule has 2 nitrogen and oxygen atoms in total. The lowest BCUT2D eigenvalue weighted by molar-refractivity contribution is 0.586. The fourth-order valence-electron chi connectivity index (χ4n) is 1.64. The summed E-state index contributed by atoms with van der Waals surface area (Å²) in [5, 5.41) is 8.62. The van der Waals surface area contributed by atoms with E-state index in [1.165, 1.54) is 12.8 Å². The van der Waals surface area contributed by atoms with E-state index in [0.29, 0.717) is 6.42 Å². The van der Waals surface area contributed by atoms with Gasteiger partial charge in [0.1, 0.15) is 0 Å². The lowest BCUT2D eigenvalue weighted by Crippen LogP contribution is -2.14. The first-order valence-electron chi connectivity index (χ1n) is 5.44. The molecule has 1 aliphatic carbocycles. The molecule has 0 aliphatic heterocycles. The summed E-state index contributed by atoms with van der Waals surface area (Å²) in [6.45, 7) is 2.15. The van der Waals surface area contributed by atoms with E-state index in [1.807, 2.05) is 0 Å². The molecule has 0 spiro atoms. The summed E-state index contributed by atoms with van der Waals surface area (Å²) in [5.41, 5.74) is 0.159. The molecule has 0 heterocycles. The van der Waals surface area contributed by atoms with Crippen LogP contribution in [0.5, 0.6) is 0 Å². The van der Waals surface area contributed by atoms with Crippen LogP contribution in [0.1, 0.15) is 45.4 Å². The van der Waals surface area contributed by atoms with Crippen LogP contribution in [0, 0.1) is 16.7 Å². The number of unbranched alkanes of at least 4 members (excludes halogenated alkanes) is 2. The minimum atomic E-state index is -0.681. The Labute approximate surface area is 89.1 Å². The standard InChI is InChI=1S/C11H19NOS/c1-2-3-4-9-14(13)10-11(5-6-11)7-8-12/h2-7,9-10H2,1H3. The molecular formula is C11H19NOS. The summed E-state index contributed by atoms with van der Waals surface area (Å²) in [4.78, 5) is 0. The molecular weight excluding hydrogens is 194 g/mol. The number of rotatable bonds is 7. The second kappa shape index (κ2) is 5.50. The van der Waals surface area contributed by atoms with E-state index in [9.17, 15) is 4.21 Å². The van der Waals surface area contributed by atoms with E-state index in [2.05, 4.69) is 13.0 Å². The minimum absolute atomic E-state index is 0.159. The van der Waals surface area contributed by atoms with Crippen LogP contribution in [0.2, 0.25) is 0 Å². The van der Waals surface area contributed by atoms with Crippen molar-refractivity contribution in [2.45, 2.75) is 45.4 Å². The van der Waals surface area contributed by atoms with Gasteiger partial charge in [0.15, 0.2) is 0 Å². The quantitative estimate of drug-likeness (QED) is 0.610. The fourth-order valence-corrected chi connectivity index (χ4v) is 3.39. The Morgan fingerprint density at radius 3 is 2.64 bits per heavy atom. The highest BCUT2D eigenvalue weighted by molar-refractivity contribution is 7.85. The first-order chi connectivity index (χ1) is 6.72. The summed E-state index contributed by atoms with van der Waals surface area (Å²) >= 11 is 0. The van der Waals surface area contributed by atoms with Crippen LogP contribution in [0.25, 0.3) is 0 Å². The normalized spacial score (nSPS) is 20.0. The number of nitrogens with zero attached hydrogens (tertiary/aromatic N) is 1. The smallest absolute Gasteiger partial charge is 0.0627 e. The lowest BCUT2D eigenvalue weighted by atomic mass is 10.1. The highest BCUT2D eigenvalue weighted by Gasteiger charge is 2.43. The van der Waals surface area contributed by atoms with Crippen molar-refractivity contribution < 1.29 is 4.21 Å². The molecule has 0 radical (unpaired) electrons. The molecule has 1 fully saturated rings. The van der Waals surface area contributed by atoms with Crippen molar-refractivity contribution in [1.29, 1.82) is 5.26 Å². The molecule has 0 bridgehead atoms. The Morgan fingerprint density at radius 1 is 1.43 bits per heavy atom. The Bertz CT molecular complexity index is 240. The van der Waals surface area contributed by atoms with Gasteiger partial charge in [0.05, 0.1) is 6.07 Å². The molecule has 0 aromatic carbocycles. The molecule has 3 heteroatoms. The van der Waals surface area contributed by atoms with E-state index >= 15 is 0 Å². The Kier molecular flexibility index (Phi) is 4.60. The van der Waals surface area contributed by atoms with Gasteiger partial charge in [0.2, 0.25) is 0 Å². The summed E-state index contributed by atoms with van der Waals surface area (Å²) in [5.74, 6) is 1.60. The van der Waals surface area contributed by atoms with Gasteiger partial charge >= 0.3 is 0 Å². The summed E-state index contributed by atoms with van der Waals surface area (Å²) < 4.78 is 11.7. The van der Waals surface area contributed by atoms with Crippen LogP contribution >= 0.6 is 0 Å². The van der Waals surface area contributed by atoms with Gasteiger partial charge in [0.25, 0.3) is 0 Å². The zero-order valence-corrected chi connectivity index (χ0v) is 9.74. The second-order valence-electron chi connectivity index (χ2n) is 4.33. The maximum atomic E-state index is 11.7. The Morgan fingerprint density at radius 2 is 2.14 bits per heavy atom. The summed E-state index contributed by atoms with van der Waals surface area (Å²) in [6.07, 6.45) is 6.26. The topological polar surface area (TPSA) is 40.9 Å². The molecule has 1 aliphatic rings. The molecule has 0 amide bonds. The van der Waals surface area contributed by atoms with E-state index in [0.717, 1.165) is 30.8 Å². The van der Waals surface area contributed by atoms with Crippen LogP contribution in [0.4, 0.5) is 0 Å². The average molecular weight is 213 g/mol. The van der Waals surface area contributed by atoms with Gasteiger partial charge < -0.3 is 0 Å².